The van der Waals surface area contributed by atoms with E-state index in [0.717, 1.165) is 48.9 Å². The molecule has 3 rings (SSSR count). The first kappa shape index (κ1) is 13.2. The van der Waals surface area contributed by atoms with Gasteiger partial charge in [0.15, 0.2) is 0 Å². The first-order chi connectivity index (χ1) is 9.78. The zero-order chi connectivity index (χ0) is 13.9. The maximum Gasteiger partial charge on any atom is 0.201 e. The molecule has 108 valence electrons. The average molecular weight is 275 g/mol. The summed E-state index contributed by atoms with van der Waals surface area (Å²) in [6.45, 7) is 2.53. The molecule has 1 aromatic heterocycles. The molecule has 5 nitrogen and oxygen atoms in total. The second-order valence-electron chi connectivity index (χ2n) is 5.35. The zero-order valence-corrected chi connectivity index (χ0v) is 11.8. The second-order valence-corrected chi connectivity index (χ2v) is 5.35. The molecule has 1 aliphatic rings. The van der Waals surface area contributed by atoms with E-state index in [1.165, 1.54) is 12.8 Å². The SMILES string of the molecule is COc1ccc2c(c1)nc(N)n2CCCOCC1CC1. The van der Waals surface area contributed by atoms with E-state index in [2.05, 4.69) is 4.98 Å². The number of rotatable bonds is 7. The second kappa shape index (κ2) is 5.71. The van der Waals surface area contributed by atoms with Crippen molar-refractivity contribution in [2.45, 2.75) is 25.8 Å². The number of nitrogens with two attached hydrogens (primary N) is 1. The summed E-state index contributed by atoms with van der Waals surface area (Å²) >= 11 is 0. The molecule has 1 aliphatic carbocycles. The molecule has 2 N–H and O–H groups in total. The van der Waals surface area contributed by atoms with Crippen molar-refractivity contribution in [3.05, 3.63) is 18.2 Å². The Morgan fingerprint density at radius 2 is 2.25 bits per heavy atom. The molecule has 1 fully saturated rings. The normalized spacial score (nSPS) is 14.8. The highest BCUT2D eigenvalue weighted by atomic mass is 16.5. The monoisotopic (exact) mass is 275 g/mol. The maximum absolute atomic E-state index is 5.99. The quantitative estimate of drug-likeness (QED) is 0.788. The minimum Gasteiger partial charge on any atom is -0.497 e. The lowest BCUT2D eigenvalue weighted by atomic mass is 10.3. The number of anilines is 1. The van der Waals surface area contributed by atoms with Crippen LogP contribution in [0.4, 0.5) is 5.95 Å². The number of nitrogens with zero attached hydrogens (tertiary/aromatic N) is 2. The topological polar surface area (TPSA) is 62.3 Å². The van der Waals surface area contributed by atoms with E-state index >= 15 is 0 Å². The molecule has 0 amide bonds. The van der Waals surface area contributed by atoms with Gasteiger partial charge < -0.3 is 19.8 Å². The van der Waals surface area contributed by atoms with Gasteiger partial charge in [0.1, 0.15) is 5.75 Å². The van der Waals surface area contributed by atoms with Crippen molar-refractivity contribution in [3.63, 3.8) is 0 Å². The summed E-state index contributed by atoms with van der Waals surface area (Å²) in [7, 11) is 1.65. The summed E-state index contributed by atoms with van der Waals surface area (Å²) in [5, 5.41) is 0. The predicted molar refractivity (Wildman–Crippen MR) is 78.9 cm³/mol. The third-order valence-corrected chi connectivity index (χ3v) is 3.71. The van der Waals surface area contributed by atoms with Gasteiger partial charge in [-0.1, -0.05) is 0 Å². The summed E-state index contributed by atoms with van der Waals surface area (Å²) < 4.78 is 12.9. The highest BCUT2D eigenvalue weighted by molar-refractivity contribution is 5.79. The molecule has 2 aromatic rings. The first-order valence-electron chi connectivity index (χ1n) is 7.15. The van der Waals surface area contributed by atoms with Crippen molar-refractivity contribution in [2.24, 2.45) is 5.92 Å². The Labute approximate surface area is 118 Å². The fourth-order valence-electron chi connectivity index (χ4n) is 2.35. The van der Waals surface area contributed by atoms with Gasteiger partial charge in [-0.25, -0.2) is 4.98 Å². The molecule has 0 atom stereocenters. The predicted octanol–water partition coefficient (Wildman–Crippen LogP) is 2.44. The fraction of sp³-hybridized carbons (Fsp3) is 0.533. The van der Waals surface area contributed by atoms with Crippen LogP contribution >= 0.6 is 0 Å². The summed E-state index contributed by atoms with van der Waals surface area (Å²) in [5.41, 5.74) is 7.91. The van der Waals surface area contributed by atoms with Crippen molar-refractivity contribution < 1.29 is 9.47 Å². The Morgan fingerprint density at radius 1 is 1.40 bits per heavy atom. The minimum atomic E-state index is 0.551. The number of aryl methyl sites for hydroxylation is 1. The van der Waals surface area contributed by atoms with Crippen LogP contribution in [0.5, 0.6) is 5.75 Å². The van der Waals surface area contributed by atoms with Crippen LogP contribution < -0.4 is 10.5 Å². The first-order valence-corrected chi connectivity index (χ1v) is 7.15. The number of aromatic nitrogens is 2. The van der Waals surface area contributed by atoms with Crippen LogP contribution in [0.3, 0.4) is 0 Å². The van der Waals surface area contributed by atoms with Gasteiger partial charge in [-0.05, 0) is 37.3 Å². The van der Waals surface area contributed by atoms with Crippen molar-refractivity contribution >= 4 is 17.0 Å². The lowest BCUT2D eigenvalue weighted by molar-refractivity contribution is 0.119. The van der Waals surface area contributed by atoms with E-state index in [9.17, 15) is 0 Å². The molecule has 20 heavy (non-hydrogen) atoms. The molecule has 5 heteroatoms. The van der Waals surface area contributed by atoms with E-state index in [1.54, 1.807) is 7.11 Å². The lowest BCUT2D eigenvalue weighted by Crippen LogP contribution is -2.07. The van der Waals surface area contributed by atoms with E-state index in [4.69, 9.17) is 15.2 Å². The van der Waals surface area contributed by atoms with Gasteiger partial charge in [-0.15, -0.1) is 0 Å². The van der Waals surface area contributed by atoms with Gasteiger partial charge in [-0.2, -0.15) is 0 Å². The largest absolute Gasteiger partial charge is 0.497 e. The van der Waals surface area contributed by atoms with Crippen LogP contribution in [0.1, 0.15) is 19.3 Å². The standard InChI is InChI=1S/C15H21N3O2/c1-19-12-5-6-14-13(9-12)17-15(16)18(14)7-2-8-20-10-11-3-4-11/h5-6,9,11H,2-4,7-8,10H2,1H3,(H2,16,17). The Morgan fingerprint density at radius 3 is 3.00 bits per heavy atom. The number of benzene rings is 1. The molecule has 0 saturated heterocycles. The fourth-order valence-corrected chi connectivity index (χ4v) is 2.35. The van der Waals surface area contributed by atoms with Crippen LogP contribution in [0.2, 0.25) is 0 Å². The van der Waals surface area contributed by atoms with E-state index in [1.807, 2.05) is 22.8 Å². The van der Waals surface area contributed by atoms with Crippen LogP contribution in [-0.4, -0.2) is 29.9 Å². The Kier molecular flexibility index (Phi) is 3.78. The van der Waals surface area contributed by atoms with Crippen molar-refractivity contribution in [1.29, 1.82) is 0 Å². The van der Waals surface area contributed by atoms with Crippen LogP contribution in [0.15, 0.2) is 18.2 Å². The molecule has 0 radical (unpaired) electrons. The Balaban J connectivity index is 1.62. The summed E-state index contributed by atoms with van der Waals surface area (Å²) in [6.07, 6.45) is 3.62. The number of fused-ring (bicyclic) bond motifs is 1. The molecule has 0 aliphatic heterocycles. The van der Waals surface area contributed by atoms with Crippen LogP contribution in [-0.2, 0) is 11.3 Å². The molecule has 0 unspecified atom stereocenters. The van der Waals surface area contributed by atoms with Crippen molar-refractivity contribution in [3.8, 4) is 5.75 Å². The van der Waals surface area contributed by atoms with E-state index < -0.39 is 0 Å². The summed E-state index contributed by atoms with van der Waals surface area (Å²) in [4.78, 5) is 4.38. The third-order valence-electron chi connectivity index (χ3n) is 3.71. The van der Waals surface area contributed by atoms with Gasteiger partial charge in [0, 0.05) is 25.8 Å². The molecule has 1 aromatic carbocycles. The number of hydrogen-bond acceptors (Lipinski definition) is 4. The van der Waals surface area contributed by atoms with Crippen LogP contribution in [0, 0.1) is 5.92 Å². The Hall–Kier alpha value is -1.75. The highest BCUT2D eigenvalue weighted by Gasteiger charge is 2.20. The third kappa shape index (κ3) is 2.88. The number of methoxy groups -OCH3 is 1. The molecule has 0 spiro atoms. The maximum atomic E-state index is 5.99. The summed E-state index contributed by atoms with van der Waals surface area (Å²) in [5.74, 6) is 2.17. The smallest absolute Gasteiger partial charge is 0.201 e. The number of ether oxygens (including phenoxy) is 2. The van der Waals surface area contributed by atoms with Gasteiger partial charge in [0.25, 0.3) is 0 Å². The van der Waals surface area contributed by atoms with Gasteiger partial charge in [0.05, 0.1) is 18.1 Å². The van der Waals surface area contributed by atoms with E-state index in [0.29, 0.717) is 5.95 Å². The molecule has 1 saturated carbocycles. The summed E-state index contributed by atoms with van der Waals surface area (Å²) in [6, 6.07) is 5.85. The van der Waals surface area contributed by atoms with E-state index in [-0.39, 0.29) is 0 Å². The minimum absolute atomic E-state index is 0.551. The molecular weight excluding hydrogens is 254 g/mol. The number of hydrogen-bond donors (Lipinski definition) is 1. The lowest BCUT2D eigenvalue weighted by Gasteiger charge is -2.07. The van der Waals surface area contributed by atoms with Gasteiger partial charge in [-0.3, -0.25) is 0 Å². The zero-order valence-electron chi connectivity index (χ0n) is 11.8. The van der Waals surface area contributed by atoms with Crippen molar-refractivity contribution in [1.82, 2.24) is 9.55 Å². The van der Waals surface area contributed by atoms with Crippen LogP contribution in [0.25, 0.3) is 11.0 Å². The van der Waals surface area contributed by atoms with Crippen molar-refractivity contribution in [2.75, 3.05) is 26.1 Å². The number of nitrogen functional groups attached to an aromatic ring is 1. The van der Waals surface area contributed by atoms with Gasteiger partial charge >= 0.3 is 0 Å². The number of imidazole rings is 1. The average Bonchev–Trinajstić information content (AvgIpc) is 3.22. The molecular formula is C15H21N3O2. The molecule has 0 bridgehead atoms. The van der Waals surface area contributed by atoms with Gasteiger partial charge in [0.2, 0.25) is 5.95 Å². The highest BCUT2D eigenvalue weighted by Crippen LogP contribution is 2.28. The molecule has 1 heterocycles. The Bertz CT molecular complexity index is 590.